The molecule has 0 aromatic heterocycles. The first-order valence-corrected chi connectivity index (χ1v) is 12.3. The van der Waals surface area contributed by atoms with Crippen molar-refractivity contribution in [3.05, 3.63) is 0 Å². The molecule has 0 aromatic carbocycles. The SMILES string of the molecule is CC(=O)N[C@@H](CCCN)CC(=O)N[C@@H]1[C@H](O)[C@@H](O)[C@@H](COC(N)=O)O[C@H]1NC1=N[C@H]2C(=O)NC[C@@H](O)[C@H]2N1. The molecule has 0 aliphatic carbocycles. The number of aliphatic imine (C=N–C) groups is 1. The Balaban J connectivity index is 1.76. The van der Waals surface area contributed by atoms with Crippen molar-refractivity contribution in [3.63, 3.8) is 0 Å². The molecule has 0 saturated carbocycles. The molecule has 0 spiro atoms. The number of primary amides is 1. The first-order chi connectivity index (χ1) is 18.0. The summed E-state index contributed by atoms with van der Waals surface area (Å²) < 4.78 is 10.5. The van der Waals surface area contributed by atoms with Gasteiger partial charge >= 0.3 is 6.09 Å². The van der Waals surface area contributed by atoms with Gasteiger partial charge in [-0.05, 0) is 19.4 Å². The molecule has 17 heteroatoms. The lowest BCUT2D eigenvalue weighted by atomic mass is 9.95. The zero-order chi connectivity index (χ0) is 28.0. The van der Waals surface area contributed by atoms with Crippen molar-refractivity contribution in [1.82, 2.24) is 26.6 Å². The lowest BCUT2D eigenvalue weighted by Gasteiger charge is -2.43. The summed E-state index contributed by atoms with van der Waals surface area (Å²) in [5.41, 5.74) is 10.5. The number of β-amino-alcohol motifs (C(OH)–C–C–N with tert-alkyl or cyclic N) is 1. The van der Waals surface area contributed by atoms with Gasteiger partial charge in [0.25, 0.3) is 0 Å². The molecule has 2 saturated heterocycles. The van der Waals surface area contributed by atoms with Gasteiger partial charge in [-0.15, -0.1) is 0 Å². The summed E-state index contributed by atoms with van der Waals surface area (Å²) in [6, 6.07) is -3.41. The van der Waals surface area contributed by atoms with Crippen molar-refractivity contribution in [2.24, 2.45) is 16.5 Å². The molecule has 214 valence electrons. The Kier molecular flexibility index (Phi) is 10.0. The Morgan fingerprint density at radius 1 is 1.26 bits per heavy atom. The standard InChI is InChI=1S/C21H36N8O9/c1-8(30)25-9(3-2-4-22)5-12(32)26-15-17(34)16(33)11(7-37-20(23)36)38-19(15)29-21-27-13-10(31)6-24-18(35)14(13)28-21/h9-11,13-17,19,31,33-34H,2-7,22H2,1H3,(H2,23,36)(H,24,35)(H,25,30)(H,26,32)(H2,27,28,29)/t9-,10+,11+,13+,14+,15+,16-,17-,19+/m0/s1. The molecule has 0 aromatic rings. The predicted molar refractivity (Wildman–Crippen MR) is 129 cm³/mol. The maximum atomic E-state index is 12.9. The van der Waals surface area contributed by atoms with Crippen LogP contribution in [-0.4, -0.2) is 120 Å². The van der Waals surface area contributed by atoms with Crippen LogP contribution in [0.3, 0.4) is 0 Å². The fourth-order valence-corrected chi connectivity index (χ4v) is 4.57. The molecule has 38 heavy (non-hydrogen) atoms. The Hall–Kier alpha value is -3.25. The molecule has 12 N–H and O–H groups in total. The molecule has 17 nitrogen and oxygen atoms in total. The first kappa shape index (κ1) is 29.3. The quantitative estimate of drug-likeness (QED) is 0.123. The van der Waals surface area contributed by atoms with Crippen molar-refractivity contribution in [2.45, 2.75) is 81.0 Å². The van der Waals surface area contributed by atoms with Gasteiger partial charge in [-0.2, -0.15) is 0 Å². The average Bonchev–Trinajstić information content (AvgIpc) is 3.28. The van der Waals surface area contributed by atoms with Crippen LogP contribution in [0.15, 0.2) is 4.99 Å². The smallest absolute Gasteiger partial charge is 0.404 e. The number of guanidine groups is 1. The van der Waals surface area contributed by atoms with E-state index in [1.165, 1.54) is 6.92 Å². The Morgan fingerprint density at radius 3 is 2.63 bits per heavy atom. The highest BCUT2D eigenvalue weighted by Gasteiger charge is 2.48. The second-order valence-corrected chi connectivity index (χ2v) is 9.38. The van der Waals surface area contributed by atoms with E-state index in [1.54, 1.807) is 0 Å². The molecule has 2 fully saturated rings. The first-order valence-electron chi connectivity index (χ1n) is 12.3. The number of hydrogen-bond acceptors (Lipinski definition) is 13. The zero-order valence-corrected chi connectivity index (χ0v) is 20.8. The number of hydrogen-bond donors (Lipinski definition) is 10. The molecule has 3 heterocycles. The molecular weight excluding hydrogens is 508 g/mol. The topological polar surface area (TPSA) is 272 Å². The minimum atomic E-state index is -1.60. The summed E-state index contributed by atoms with van der Waals surface area (Å²) in [6.45, 7) is 1.22. The molecule has 3 aliphatic rings. The van der Waals surface area contributed by atoms with Crippen molar-refractivity contribution in [2.75, 3.05) is 19.7 Å². The third kappa shape index (κ3) is 7.41. The van der Waals surface area contributed by atoms with E-state index in [1.807, 2.05) is 0 Å². The summed E-state index contributed by atoms with van der Waals surface area (Å²) in [5, 5.41) is 45.2. The summed E-state index contributed by atoms with van der Waals surface area (Å²) in [7, 11) is 0. The van der Waals surface area contributed by atoms with Crippen molar-refractivity contribution < 1.29 is 44.0 Å². The van der Waals surface area contributed by atoms with Crippen LogP contribution in [-0.2, 0) is 23.9 Å². The normalized spacial score (nSPS) is 33.1. The summed E-state index contributed by atoms with van der Waals surface area (Å²) in [4.78, 5) is 51.9. The maximum Gasteiger partial charge on any atom is 0.404 e. The molecule has 4 amide bonds. The second kappa shape index (κ2) is 13.0. The fourth-order valence-electron chi connectivity index (χ4n) is 4.57. The highest BCUT2D eigenvalue weighted by Crippen LogP contribution is 2.22. The average molecular weight is 545 g/mol. The van der Waals surface area contributed by atoms with E-state index >= 15 is 0 Å². The lowest BCUT2D eigenvalue weighted by Crippen LogP contribution is -2.69. The zero-order valence-electron chi connectivity index (χ0n) is 20.8. The summed E-state index contributed by atoms with van der Waals surface area (Å²) in [6.07, 6.45) is -6.86. The van der Waals surface area contributed by atoms with Gasteiger partial charge in [-0.1, -0.05) is 0 Å². The van der Waals surface area contributed by atoms with E-state index in [0.717, 1.165) is 0 Å². The third-order valence-corrected chi connectivity index (χ3v) is 6.42. The number of amides is 4. The van der Waals surface area contributed by atoms with Gasteiger partial charge in [-0.3, -0.25) is 14.4 Å². The minimum Gasteiger partial charge on any atom is -0.447 e. The number of nitrogens with two attached hydrogens (primary N) is 2. The van der Waals surface area contributed by atoms with Crippen LogP contribution < -0.4 is 38.1 Å². The van der Waals surface area contributed by atoms with Crippen LogP contribution in [0.25, 0.3) is 0 Å². The summed E-state index contributed by atoms with van der Waals surface area (Å²) in [5.74, 6) is -1.25. The number of ether oxygens (including phenoxy) is 2. The van der Waals surface area contributed by atoms with E-state index in [4.69, 9.17) is 20.9 Å². The maximum absolute atomic E-state index is 12.9. The van der Waals surface area contributed by atoms with E-state index in [2.05, 4.69) is 31.6 Å². The number of aliphatic hydroxyl groups is 3. The Morgan fingerprint density at radius 2 is 2.00 bits per heavy atom. The van der Waals surface area contributed by atoms with Gasteiger partial charge in [0.15, 0.2) is 18.2 Å². The number of nitrogens with zero attached hydrogens (tertiary/aromatic N) is 1. The molecule has 0 radical (unpaired) electrons. The van der Waals surface area contributed by atoms with Crippen LogP contribution in [0.1, 0.15) is 26.2 Å². The Bertz CT molecular complexity index is 921. The van der Waals surface area contributed by atoms with E-state index in [9.17, 15) is 34.5 Å². The lowest BCUT2D eigenvalue weighted by molar-refractivity contribution is -0.198. The van der Waals surface area contributed by atoms with E-state index < -0.39 is 79.3 Å². The van der Waals surface area contributed by atoms with Gasteiger partial charge in [0.05, 0.1) is 12.1 Å². The van der Waals surface area contributed by atoms with Gasteiger partial charge in [0.1, 0.15) is 31.0 Å². The Labute approximate surface area is 218 Å². The number of piperidine rings is 1. The van der Waals surface area contributed by atoms with Gasteiger partial charge in [-0.25, -0.2) is 9.79 Å². The number of fused-ring (bicyclic) bond motifs is 1. The minimum absolute atomic E-state index is 0.0332. The number of rotatable bonds is 10. The number of carbonyl (C=O) groups is 4. The van der Waals surface area contributed by atoms with Crippen LogP contribution >= 0.6 is 0 Å². The summed E-state index contributed by atoms with van der Waals surface area (Å²) >= 11 is 0. The van der Waals surface area contributed by atoms with Crippen LogP contribution in [0.4, 0.5) is 4.79 Å². The van der Waals surface area contributed by atoms with Crippen LogP contribution in [0.5, 0.6) is 0 Å². The van der Waals surface area contributed by atoms with Gasteiger partial charge in [0, 0.05) is 25.9 Å². The number of carbonyl (C=O) groups excluding carboxylic acids is 4. The van der Waals surface area contributed by atoms with Crippen LogP contribution in [0, 0.1) is 0 Å². The largest absolute Gasteiger partial charge is 0.447 e. The van der Waals surface area contributed by atoms with Crippen molar-refractivity contribution >= 4 is 29.8 Å². The van der Waals surface area contributed by atoms with Gasteiger partial charge in [0.2, 0.25) is 17.7 Å². The molecule has 3 rings (SSSR count). The fraction of sp³-hybridized carbons (Fsp3) is 0.762. The second-order valence-electron chi connectivity index (χ2n) is 9.38. The predicted octanol–water partition coefficient (Wildman–Crippen LogP) is -5.58. The molecule has 0 bridgehead atoms. The highest BCUT2D eigenvalue weighted by atomic mass is 16.6. The molecular formula is C21H36N8O9. The highest BCUT2D eigenvalue weighted by molar-refractivity contribution is 5.92. The van der Waals surface area contributed by atoms with Gasteiger partial charge < -0.3 is 62.8 Å². The van der Waals surface area contributed by atoms with Crippen molar-refractivity contribution in [1.29, 1.82) is 0 Å². The van der Waals surface area contributed by atoms with Crippen LogP contribution in [0.2, 0.25) is 0 Å². The van der Waals surface area contributed by atoms with E-state index in [-0.39, 0.29) is 24.8 Å². The van der Waals surface area contributed by atoms with E-state index in [0.29, 0.717) is 19.4 Å². The number of nitrogens with one attached hydrogen (secondary N) is 5. The molecule has 9 atom stereocenters. The third-order valence-electron chi connectivity index (χ3n) is 6.42. The monoisotopic (exact) mass is 544 g/mol. The van der Waals surface area contributed by atoms with Crippen molar-refractivity contribution in [3.8, 4) is 0 Å². The molecule has 0 unspecified atom stereocenters. The molecule has 3 aliphatic heterocycles. The number of aliphatic hydroxyl groups excluding tert-OH is 3.